The van der Waals surface area contributed by atoms with Crippen LogP contribution in [-0.2, 0) is 4.74 Å². The number of carbonyl (C=O) groups is 1. The van der Waals surface area contributed by atoms with Crippen LogP contribution in [0.1, 0.15) is 39.3 Å². The SMILES string of the molecule is COc1ccc2c([C@H](C)NC(=O)OC(C)(C)C)cc(=O)oc2c1. The van der Waals surface area contributed by atoms with E-state index in [1.807, 2.05) is 0 Å². The number of nitrogens with one attached hydrogen (secondary N) is 1. The average Bonchev–Trinajstić information content (AvgIpc) is 2.43. The summed E-state index contributed by atoms with van der Waals surface area (Å²) in [6.07, 6.45) is -0.542. The van der Waals surface area contributed by atoms with Gasteiger partial charge in [-0.05, 0) is 45.4 Å². The lowest BCUT2D eigenvalue weighted by molar-refractivity contribution is 0.0508. The number of rotatable bonds is 3. The minimum absolute atomic E-state index is 0.407. The molecule has 0 spiro atoms. The van der Waals surface area contributed by atoms with E-state index in [2.05, 4.69) is 5.32 Å². The lowest BCUT2D eigenvalue weighted by Gasteiger charge is -2.22. The highest BCUT2D eigenvalue weighted by Gasteiger charge is 2.20. The molecule has 124 valence electrons. The predicted octanol–water partition coefficient (Wildman–Crippen LogP) is 3.39. The van der Waals surface area contributed by atoms with Crippen LogP contribution in [0.3, 0.4) is 0 Å². The Kier molecular flexibility index (Phi) is 4.63. The van der Waals surface area contributed by atoms with Crippen LogP contribution in [-0.4, -0.2) is 18.8 Å². The summed E-state index contributed by atoms with van der Waals surface area (Å²) in [4.78, 5) is 23.7. The number of alkyl carbamates (subject to hydrolysis) is 1. The molecule has 6 heteroatoms. The van der Waals surface area contributed by atoms with Gasteiger partial charge < -0.3 is 19.2 Å². The molecule has 0 saturated carbocycles. The monoisotopic (exact) mass is 319 g/mol. The van der Waals surface area contributed by atoms with Crippen LogP contribution in [0.15, 0.2) is 33.5 Å². The van der Waals surface area contributed by atoms with Gasteiger partial charge in [0.15, 0.2) is 0 Å². The minimum atomic E-state index is -0.588. The maximum absolute atomic E-state index is 11.9. The molecular formula is C17H21NO5. The first-order valence-electron chi connectivity index (χ1n) is 7.31. The number of fused-ring (bicyclic) bond motifs is 1. The third kappa shape index (κ3) is 4.25. The average molecular weight is 319 g/mol. The summed E-state index contributed by atoms with van der Waals surface area (Å²) in [5.41, 5.74) is -0.0114. The highest BCUT2D eigenvalue weighted by atomic mass is 16.6. The molecule has 0 aliphatic carbocycles. The van der Waals surface area contributed by atoms with Crippen molar-refractivity contribution in [2.45, 2.75) is 39.3 Å². The van der Waals surface area contributed by atoms with E-state index < -0.39 is 23.4 Å². The molecule has 2 rings (SSSR count). The van der Waals surface area contributed by atoms with Gasteiger partial charge in [0.2, 0.25) is 0 Å². The fraction of sp³-hybridized carbons (Fsp3) is 0.412. The Balaban J connectivity index is 2.35. The normalized spacial score (nSPS) is 12.7. The highest BCUT2D eigenvalue weighted by Crippen LogP contribution is 2.26. The number of ether oxygens (including phenoxy) is 2. The zero-order valence-corrected chi connectivity index (χ0v) is 13.9. The predicted molar refractivity (Wildman–Crippen MR) is 86.8 cm³/mol. The second-order valence-electron chi connectivity index (χ2n) is 6.25. The molecular weight excluding hydrogens is 298 g/mol. The lowest BCUT2D eigenvalue weighted by atomic mass is 10.0. The lowest BCUT2D eigenvalue weighted by Crippen LogP contribution is -2.34. The Labute approximate surface area is 134 Å². The standard InChI is InChI=1S/C17H21NO5/c1-10(18-16(20)23-17(2,3)4)13-9-15(19)22-14-8-11(21-5)6-7-12(13)14/h6-10H,1-5H3,(H,18,20)/t10-/m0/s1. The van der Waals surface area contributed by atoms with E-state index in [0.717, 1.165) is 5.39 Å². The molecule has 0 saturated heterocycles. The Bertz CT molecular complexity index is 773. The van der Waals surface area contributed by atoms with Crippen molar-refractivity contribution < 1.29 is 18.7 Å². The largest absolute Gasteiger partial charge is 0.497 e. The van der Waals surface area contributed by atoms with Crippen molar-refractivity contribution in [2.24, 2.45) is 0 Å². The summed E-state index contributed by atoms with van der Waals surface area (Å²) in [7, 11) is 1.54. The molecule has 23 heavy (non-hydrogen) atoms. The van der Waals surface area contributed by atoms with Crippen LogP contribution in [0.4, 0.5) is 4.79 Å². The van der Waals surface area contributed by atoms with Gasteiger partial charge in [0, 0.05) is 17.5 Å². The molecule has 0 aliphatic rings. The molecule has 6 nitrogen and oxygen atoms in total. The van der Waals surface area contributed by atoms with Crippen molar-refractivity contribution >= 4 is 17.1 Å². The van der Waals surface area contributed by atoms with Gasteiger partial charge in [-0.3, -0.25) is 0 Å². The second-order valence-corrected chi connectivity index (χ2v) is 6.25. The summed E-state index contributed by atoms with van der Waals surface area (Å²) in [6.45, 7) is 7.14. The van der Waals surface area contributed by atoms with Crippen molar-refractivity contribution in [1.29, 1.82) is 0 Å². The van der Waals surface area contributed by atoms with Crippen molar-refractivity contribution in [3.05, 3.63) is 40.2 Å². The smallest absolute Gasteiger partial charge is 0.408 e. The summed E-state index contributed by atoms with van der Waals surface area (Å²) in [5, 5.41) is 3.46. The number of amides is 1. The van der Waals surface area contributed by atoms with Crippen LogP contribution < -0.4 is 15.7 Å². The molecule has 0 fully saturated rings. The number of methoxy groups -OCH3 is 1. The molecule has 1 heterocycles. The maximum Gasteiger partial charge on any atom is 0.408 e. The molecule has 0 radical (unpaired) electrons. The Morgan fingerprint density at radius 3 is 2.57 bits per heavy atom. The van der Waals surface area contributed by atoms with E-state index in [1.165, 1.54) is 13.2 Å². The van der Waals surface area contributed by atoms with E-state index in [-0.39, 0.29) is 0 Å². The third-order valence-electron chi connectivity index (χ3n) is 3.18. The van der Waals surface area contributed by atoms with Crippen molar-refractivity contribution in [2.75, 3.05) is 7.11 Å². The van der Waals surface area contributed by atoms with Gasteiger partial charge in [-0.2, -0.15) is 0 Å². The molecule has 1 aromatic carbocycles. The first kappa shape index (κ1) is 16.9. The Hall–Kier alpha value is -2.50. The van der Waals surface area contributed by atoms with Crippen LogP contribution >= 0.6 is 0 Å². The molecule has 1 atom stereocenters. The molecule has 1 N–H and O–H groups in total. The maximum atomic E-state index is 11.9. The van der Waals surface area contributed by atoms with Crippen LogP contribution in [0.5, 0.6) is 5.75 Å². The summed E-state index contributed by atoms with van der Waals surface area (Å²) >= 11 is 0. The molecule has 1 amide bonds. The van der Waals surface area contributed by atoms with E-state index in [1.54, 1.807) is 45.9 Å². The summed E-state index contributed by atoms with van der Waals surface area (Å²) in [5.74, 6) is 0.588. The van der Waals surface area contributed by atoms with E-state index >= 15 is 0 Å². The molecule has 0 unspecified atom stereocenters. The molecule has 0 bridgehead atoms. The minimum Gasteiger partial charge on any atom is -0.497 e. The number of hydrogen-bond donors (Lipinski definition) is 1. The van der Waals surface area contributed by atoms with E-state index in [9.17, 15) is 9.59 Å². The fourth-order valence-electron chi connectivity index (χ4n) is 2.22. The van der Waals surface area contributed by atoms with Crippen LogP contribution in [0, 0.1) is 0 Å². The van der Waals surface area contributed by atoms with Crippen molar-refractivity contribution in [3.63, 3.8) is 0 Å². The third-order valence-corrected chi connectivity index (χ3v) is 3.18. The quantitative estimate of drug-likeness (QED) is 0.877. The number of carbonyl (C=O) groups excluding carboxylic acids is 1. The van der Waals surface area contributed by atoms with Gasteiger partial charge in [-0.1, -0.05) is 0 Å². The first-order valence-corrected chi connectivity index (χ1v) is 7.31. The number of benzene rings is 1. The first-order chi connectivity index (χ1) is 10.7. The van der Waals surface area contributed by atoms with E-state index in [0.29, 0.717) is 16.9 Å². The highest BCUT2D eigenvalue weighted by molar-refractivity contribution is 5.82. The van der Waals surface area contributed by atoms with Gasteiger partial charge in [-0.25, -0.2) is 9.59 Å². The zero-order valence-electron chi connectivity index (χ0n) is 13.9. The molecule has 0 aliphatic heterocycles. The molecule has 2 aromatic rings. The summed E-state index contributed by atoms with van der Waals surface area (Å²) < 4.78 is 15.6. The Morgan fingerprint density at radius 1 is 1.26 bits per heavy atom. The Morgan fingerprint density at radius 2 is 1.96 bits per heavy atom. The summed E-state index contributed by atoms with van der Waals surface area (Å²) in [6, 6.07) is 6.16. The fourth-order valence-corrected chi connectivity index (χ4v) is 2.22. The topological polar surface area (TPSA) is 77.8 Å². The van der Waals surface area contributed by atoms with Gasteiger partial charge in [-0.15, -0.1) is 0 Å². The second kappa shape index (κ2) is 6.32. The van der Waals surface area contributed by atoms with E-state index in [4.69, 9.17) is 13.9 Å². The van der Waals surface area contributed by atoms with Gasteiger partial charge in [0.25, 0.3) is 0 Å². The zero-order chi connectivity index (χ0) is 17.2. The van der Waals surface area contributed by atoms with Crippen LogP contribution in [0.25, 0.3) is 11.0 Å². The van der Waals surface area contributed by atoms with Crippen molar-refractivity contribution in [1.82, 2.24) is 5.32 Å². The van der Waals surface area contributed by atoms with Crippen LogP contribution in [0.2, 0.25) is 0 Å². The molecule has 1 aromatic heterocycles. The van der Waals surface area contributed by atoms with Gasteiger partial charge in [0.05, 0.1) is 13.2 Å². The number of hydrogen-bond acceptors (Lipinski definition) is 5. The van der Waals surface area contributed by atoms with Crippen molar-refractivity contribution in [3.8, 4) is 5.75 Å². The van der Waals surface area contributed by atoms with Gasteiger partial charge in [0.1, 0.15) is 16.9 Å². The van der Waals surface area contributed by atoms with Gasteiger partial charge >= 0.3 is 11.7 Å².